The van der Waals surface area contributed by atoms with Crippen molar-refractivity contribution in [3.63, 3.8) is 0 Å². The molecule has 0 radical (unpaired) electrons. The van der Waals surface area contributed by atoms with Crippen molar-refractivity contribution in [1.82, 2.24) is 5.32 Å². The number of amides is 1. The first-order valence-corrected chi connectivity index (χ1v) is 9.19. The molecule has 150 valence electrons. The molecule has 0 aliphatic rings. The molecule has 0 bridgehead atoms. The summed E-state index contributed by atoms with van der Waals surface area (Å²) in [5, 5.41) is 16.5. The second kappa shape index (κ2) is 11.4. The van der Waals surface area contributed by atoms with Crippen LogP contribution in [0.3, 0.4) is 0 Å². The van der Waals surface area contributed by atoms with Gasteiger partial charge in [-0.15, -0.1) is 0 Å². The summed E-state index contributed by atoms with van der Waals surface area (Å²) in [5.41, 5.74) is 0.811. The predicted molar refractivity (Wildman–Crippen MR) is 107 cm³/mol. The summed E-state index contributed by atoms with van der Waals surface area (Å²) in [4.78, 5) is 22.0. The SMILES string of the molecule is CCOc1ccccc1OCCCC(=O)NCCNc1ccc([N+](=O)[O-])cc1. The van der Waals surface area contributed by atoms with Crippen LogP contribution in [0.25, 0.3) is 0 Å². The first-order valence-electron chi connectivity index (χ1n) is 9.19. The van der Waals surface area contributed by atoms with E-state index in [1.807, 2.05) is 31.2 Å². The number of hydrogen-bond donors (Lipinski definition) is 2. The molecule has 0 fully saturated rings. The average molecular weight is 387 g/mol. The van der Waals surface area contributed by atoms with E-state index < -0.39 is 4.92 Å². The van der Waals surface area contributed by atoms with Gasteiger partial charge in [0.15, 0.2) is 11.5 Å². The van der Waals surface area contributed by atoms with Crippen LogP contribution in [0.1, 0.15) is 19.8 Å². The number of benzene rings is 2. The highest BCUT2D eigenvalue weighted by molar-refractivity contribution is 5.75. The molecular formula is C20H25N3O5. The van der Waals surface area contributed by atoms with Gasteiger partial charge >= 0.3 is 0 Å². The van der Waals surface area contributed by atoms with E-state index in [4.69, 9.17) is 9.47 Å². The van der Waals surface area contributed by atoms with Gasteiger partial charge in [0.2, 0.25) is 5.91 Å². The van der Waals surface area contributed by atoms with Gasteiger partial charge in [-0.2, -0.15) is 0 Å². The standard InChI is InChI=1S/C20H25N3O5/c1-2-27-18-6-3-4-7-19(18)28-15-5-8-20(24)22-14-13-21-16-9-11-17(12-10-16)23(25)26/h3-4,6-7,9-12,21H,2,5,8,13-15H2,1H3,(H,22,24). The second-order valence-corrected chi connectivity index (χ2v) is 5.91. The fourth-order valence-corrected chi connectivity index (χ4v) is 2.46. The number of non-ortho nitro benzene ring substituents is 1. The Bertz CT molecular complexity index is 765. The molecule has 2 aromatic rings. The Morgan fingerprint density at radius 3 is 2.36 bits per heavy atom. The maximum absolute atomic E-state index is 11.9. The molecule has 0 saturated heterocycles. The quantitative estimate of drug-likeness (QED) is 0.329. The lowest BCUT2D eigenvalue weighted by atomic mass is 10.3. The number of nitrogens with one attached hydrogen (secondary N) is 2. The number of carbonyl (C=O) groups is 1. The lowest BCUT2D eigenvalue weighted by molar-refractivity contribution is -0.384. The third kappa shape index (κ3) is 7.14. The largest absolute Gasteiger partial charge is 0.490 e. The molecule has 0 aliphatic carbocycles. The molecule has 0 unspecified atom stereocenters. The predicted octanol–water partition coefficient (Wildman–Crippen LogP) is 3.38. The number of carbonyl (C=O) groups excluding carboxylic acids is 1. The minimum absolute atomic E-state index is 0.0463. The molecule has 2 N–H and O–H groups in total. The Morgan fingerprint density at radius 1 is 1.04 bits per heavy atom. The van der Waals surface area contributed by atoms with Crippen LogP contribution >= 0.6 is 0 Å². The van der Waals surface area contributed by atoms with E-state index >= 15 is 0 Å². The first-order chi connectivity index (χ1) is 13.6. The van der Waals surface area contributed by atoms with E-state index in [-0.39, 0.29) is 11.6 Å². The van der Waals surface area contributed by atoms with Gasteiger partial charge in [0.05, 0.1) is 18.1 Å². The van der Waals surface area contributed by atoms with Crippen molar-refractivity contribution in [1.29, 1.82) is 0 Å². The normalized spacial score (nSPS) is 10.2. The highest BCUT2D eigenvalue weighted by atomic mass is 16.6. The van der Waals surface area contributed by atoms with Crippen molar-refractivity contribution < 1.29 is 19.2 Å². The number of nitrogens with zero attached hydrogens (tertiary/aromatic N) is 1. The van der Waals surface area contributed by atoms with Crippen molar-refractivity contribution in [2.75, 3.05) is 31.6 Å². The van der Waals surface area contributed by atoms with Crippen LogP contribution in [-0.4, -0.2) is 37.1 Å². The number of nitro groups is 1. The van der Waals surface area contributed by atoms with Crippen LogP contribution in [0.5, 0.6) is 11.5 Å². The molecule has 8 heteroatoms. The third-order valence-corrected chi connectivity index (χ3v) is 3.81. The minimum Gasteiger partial charge on any atom is -0.490 e. The van der Waals surface area contributed by atoms with Crippen molar-refractivity contribution >= 4 is 17.3 Å². The van der Waals surface area contributed by atoms with Gasteiger partial charge in [-0.1, -0.05) is 12.1 Å². The second-order valence-electron chi connectivity index (χ2n) is 5.91. The fourth-order valence-electron chi connectivity index (χ4n) is 2.46. The summed E-state index contributed by atoms with van der Waals surface area (Å²) >= 11 is 0. The fraction of sp³-hybridized carbons (Fsp3) is 0.350. The summed E-state index contributed by atoms with van der Waals surface area (Å²) < 4.78 is 11.2. The average Bonchev–Trinajstić information content (AvgIpc) is 2.70. The summed E-state index contributed by atoms with van der Waals surface area (Å²) in [6.07, 6.45) is 0.969. The Labute approximate surface area is 164 Å². The van der Waals surface area contributed by atoms with Crippen molar-refractivity contribution in [2.24, 2.45) is 0 Å². The summed E-state index contributed by atoms with van der Waals surface area (Å²) in [6, 6.07) is 13.6. The number of nitro benzene ring substituents is 1. The number of ether oxygens (including phenoxy) is 2. The van der Waals surface area contributed by atoms with Crippen LogP contribution < -0.4 is 20.1 Å². The van der Waals surface area contributed by atoms with Crippen LogP contribution in [0, 0.1) is 10.1 Å². The Balaban J connectivity index is 1.58. The zero-order valence-electron chi connectivity index (χ0n) is 15.8. The van der Waals surface area contributed by atoms with Crippen LogP contribution in [-0.2, 0) is 4.79 Å². The zero-order chi connectivity index (χ0) is 20.2. The van der Waals surface area contributed by atoms with Gasteiger partial charge in [-0.05, 0) is 37.6 Å². The van der Waals surface area contributed by atoms with Gasteiger partial charge in [0.25, 0.3) is 5.69 Å². The Kier molecular flexibility index (Phi) is 8.58. The maximum Gasteiger partial charge on any atom is 0.269 e. The molecule has 2 rings (SSSR count). The lowest BCUT2D eigenvalue weighted by Gasteiger charge is -2.11. The van der Waals surface area contributed by atoms with E-state index in [9.17, 15) is 14.9 Å². The van der Waals surface area contributed by atoms with Gasteiger partial charge in [0, 0.05) is 37.3 Å². The summed E-state index contributed by atoms with van der Waals surface area (Å²) in [5.74, 6) is 1.33. The molecule has 0 spiro atoms. The molecular weight excluding hydrogens is 362 g/mol. The molecule has 0 heterocycles. The summed E-state index contributed by atoms with van der Waals surface area (Å²) in [6.45, 7) is 3.90. The van der Waals surface area contributed by atoms with E-state index in [0.29, 0.717) is 50.6 Å². The highest BCUT2D eigenvalue weighted by Gasteiger charge is 2.06. The third-order valence-electron chi connectivity index (χ3n) is 3.81. The maximum atomic E-state index is 11.9. The topological polar surface area (TPSA) is 103 Å². The number of para-hydroxylation sites is 2. The lowest BCUT2D eigenvalue weighted by Crippen LogP contribution is -2.28. The monoisotopic (exact) mass is 387 g/mol. The van der Waals surface area contributed by atoms with Crippen LogP contribution in [0.4, 0.5) is 11.4 Å². The molecule has 0 atom stereocenters. The molecule has 8 nitrogen and oxygen atoms in total. The van der Waals surface area contributed by atoms with E-state index in [1.54, 1.807) is 12.1 Å². The zero-order valence-corrected chi connectivity index (χ0v) is 15.8. The van der Waals surface area contributed by atoms with Crippen molar-refractivity contribution in [3.8, 4) is 11.5 Å². The van der Waals surface area contributed by atoms with Gasteiger partial charge in [-0.25, -0.2) is 0 Å². The number of rotatable bonds is 12. The van der Waals surface area contributed by atoms with Crippen LogP contribution in [0.2, 0.25) is 0 Å². The molecule has 0 saturated carbocycles. The van der Waals surface area contributed by atoms with Gasteiger partial charge < -0.3 is 20.1 Å². The summed E-state index contributed by atoms with van der Waals surface area (Å²) in [7, 11) is 0. The molecule has 1 amide bonds. The first kappa shape index (κ1) is 21.0. The number of hydrogen-bond acceptors (Lipinski definition) is 6. The molecule has 0 aromatic heterocycles. The number of anilines is 1. The Morgan fingerprint density at radius 2 is 1.71 bits per heavy atom. The smallest absolute Gasteiger partial charge is 0.269 e. The minimum atomic E-state index is -0.441. The molecule has 28 heavy (non-hydrogen) atoms. The van der Waals surface area contributed by atoms with E-state index in [2.05, 4.69) is 10.6 Å². The van der Waals surface area contributed by atoms with Crippen molar-refractivity contribution in [2.45, 2.75) is 19.8 Å². The van der Waals surface area contributed by atoms with Crippen LogP contribution in [0.15, 0.2) is 48.5 Å². The Hall–Kier alpha value is -3.29. The highest BCUT2D eigenvalue weighted by Crippen LogP contribution is 2.26. The van der Waals surface area contributed by atoms with Gasteiger partial charge in [0.1, 0.15) is 0 Å². The van der Waals surface area contributed by atoms with E-state index in [1.165, 1.54) is 12.1 Å². The van der Waals surface area contributed by atoms with E-state index in [0.717, 1.165) is 5.69 Å². The molecule has 0 aliphatic heterocycles. The van der Waals surface area contributed by atoms with Crippen molar-refractivity contribution in [3.05, 3.63) is 58.6 Å². The van der Waals surface area contributed by atoms with Gasteiger partial charge in [-0.3, -0.25) is 14.9 Å². The molecule has 2 aromatic carbocycles.